The number of oxazole rings is 1. The molecule has 0 radical (unpaired) electrons. The van der Waals surface area contributed by atoms with Crippen LogP contribution in [0.1, 0.15) is 18.4 Å². The number of hydrogen-bond acceptors (Lipinski definition) is 8. The molecule has 0 amide bonds. The number of piperazine rings is 1. The molecule has 12 heteroatoms. The van der Waals surface area contributed by atoms with Crippen LogP contribution in [0.15, 0.2) is 47.2 Å². The van der Waals surface area contributed by atoms with E-state index in [-0.39, 0.29) is 17.8 Å². The summed E-state index contributed by atoms with van der Waals surface area (Å²) < 4.78 is 48.8. The molecule has 1 aliphatic rings. The Bertz CT molecular complexity index is 1130. The lowest BCUT2D eigenvalue weighted by atomic mass is 10.2. The number of ether oxygens (including phenoxy) is 1. The van der Waals surface area contributed by atoms with Crippen LogP contribution in [0.4, 0.5) is 13.2 Å². The lowest BCUT2D eigenvalue weighted by molar-refractivity contribution is -0.274. The van der Waals surface area contributed by atoms with Crippen molar-refractivity contribution in [3.63, 3.8) is 0 Å². The Balaban J connectivity index is 1.55. The Morgan fingerprint density at radius 2 is 1.89 bits per heavy atom. The average Bonchev–Trinajstić information content (AvgIpc) is 3.44. The average molecular weight is 492 g/mol. The zero-order valence-electron chi connectivity index (χ0n) is 19.8. The Labute approximate surface area is 201 Å². The van der Waals surface area contributed by atoms with Gasteiger partial charge in [0.25, 0.3) is 5.89 Å². The minimum absolute atomic E-state index is 0.00911. The SMILES string of the molecule is CN/C=C\CC(N1CCN(C)CC1)n1nc(-c2ncc(-c3ccc(OC(F)(F)F)cc3)o2)nc1C. The van der Waals surface area contributed by atoms with Crippen molar-refractivity contribution in [1.82, 2.24) is 34.9 Å². The van der Waals surface area contributed by atoms with Gasteiger partial charge in [-0.1, -0.05) is 6.08 Å². The normalized spacial score (nSPS) is 16.6. The second-order valence-corrected chi connectivity index (χ2v) is 8.28. The summed E-state index contributed by atoms with van der Waals surface area (Å²) in [5, 5.41) is 7.73. The molecule has 0 bridgehead atoms. The van der Waals surface area contributed by atoms with E-state index in [9.17, 15) is 13.2 Å². The zero-order valence-corrected chi connectivity index (χ0v) is 19.8. The topological polar surface area (TPSA) is 84.5 Å². The number of rotatable bonds is 8. The fourth-order valence-electron chi connectivity index (χ4n) is 3.94. The number of aromatic nitrogens is 4. The third-order valence-electron chi connectivity index (χ3n) is 5.74. The summed E-state index contributed by atoms with van der Waals surface area (Å²) in [6.45, 7) is 5.68. The molecule has 1 aliphatic heterocycles. The number of hydrogen-bond donors (Lipinski definition) is 1. The molecule has 0 spiro atoms. The predicted octanol–water partition coefficient (Wildman–Crippen LogP) is 3.68. The van der Waals surface area contributed by atoms with Crippen LogP contribution in [0.3, 0.4) is 0 Å². The third kappa shape index (κ3) is 6.20. The van der Waals surface area contributed by atoms with E-state index in [0.29, 0.717) is 17.1 Å². The lowest BCUT2D eigenvalue weighted by Crippen LogP contribution is -2.47. The molecule has 1 saturated heterocycles. The van der Waals surface area contributed by atoms with Crippen LogP contribution < -0.4 is 10.1 Å². The molecule has 1 aromatic carbocycles. The maximum atomic E-state index is 12.4. The molecule has 1 atom stereocenters. The Hall–Kier alpha value is -3.38. The van der Waals surface area contributed by atoms with E-state index in [0.717, 1.165) is 38.4 Å². The van der Waals surface area contributed by atoms with E-state index >= 15 is 0 Å². The number of benzene rings is 1. The smallest absolute Gasteiger partial charge is 0.434 e. The summed E-state index contributed by atoms with van der Waals surface area (Å²) in [5.74, 6) is 1.40. The van der Waals surface area contributed by atoms with Gasteiger partial charge in [0.2, 0.25) is 5.82 Å². The minimum Gasteiger partial charge on any atom is -0.434 e. The molecular weight excluding hydrogens is 463 g/mol. The van der Waals surface area contributed by atoms with Gasteiger partial charge >= 0.3 is 6.36 Å². The van der Waals surface area contributed by atoms with Crippen LogP contribution in [0.5, 0.6) is 5.75 Å². The highest BCUT2D eigenvalue weighted by Gasteiger charge is 2.31. The molecule has 4 rings (SSSR count). The van der Waals surface area contributed by atoms with Crippen LogP contribution in [0.25, 0.3) is 23.0 Å². The van der Waals surface area contributed by atoms with Gasteiger partial charge in [0.1, 0.15) is 17.7 Å². The lowest BCUT2D eigenvalue weighted by Gasteiger charge is -2.37. The first-order valence-corrected chi connectivity index (χ1v) is 11.2. The molecule has 0 saturated carbocycles. The highest BCUT2D eigenvalue weighted by atomic mass is 19.4. The molecule has 0 aliphatic carbocycles. The largest absolute Gasteiger partial charge is 0.573 e. The number of nitrogens with one attached hydrogen (secondary N) is 1. The summed E-state index contributed by atoms with van der Waals surface area (Å²) in [6.07, 6.45) is 1.47. The quantitative estimate of drug-likeness (QED) is 0.511. The highest BCUT2D eigenvalue weighted by Crippen LogP contribution is 2.29. The maximum absolute atomic E-state index is 12.4. The van der Waals surface area contributed by atoms with Crippen molar-refractivity contribution < 1.29 is 22.3 Å². The van der Waals surface area contributed by atoms with E-state index < -0.39 is 6.36 Å². The Morgan fingerprint density at radius 1 is 1.17 bits per heavy atom. The number of nitrogens with zero attached hydrogens (tertiary/aromatic N) is 6. The molecule has 1 fully saturated rings. The van der Waals surface area contributed by atoms with Gasteiger partial charge in [-0.3, -0.25) is 4.90 Å². The summed E-state index contributed by atoms with van der Waals surface area (Å²) >= 11 is 0. The van der Waals surface area contributed by atoms with E-state index in [1.54, 1.807) is 0 Å². The van der Waals surface area contributed by atoms with Gasteiger partial charge in [-0.25, -0.2) is 14.6 Å². The standard InChI is InChI=1S/C23H28F3N7O2/c1-16-29-21(30-33(16)20(5-4-10-27-2)32-13-11-31(3)12-14-32)22-28-15-19(34-22)17-6-8-18(9-7-17)35-23(24,25)26/h4,6-10,15,20,27H,5,11-14H2,1-3H3/b10-4-. The summed E-state index contributed by atoms with van der Waals surface area (Å²) in [4.78, 5) is 13.6. The van der Waals surface area contributed by atoms with Crippen molar-refractivity contribution in [3.8, 4) is 28.8 Å². The maximum Gasteiger partial charge on any atom is 0.573 e. The Morgan fingerprint density at radius 3 is 2.54 bits per heavy atom. The summed E-state index contributed by atoms with van der Waals surface area (Å²) in [6, 6.07) is 5.39. The van der Waals surface area contributed by atoms with Crippen molar-refractivity contribution in [1.29, 1.82) is 0 Å². The molecule has 2 aromatic heterocycles. The minimum atomic E-state index is -4.74. The monoisotopic (exact) mass is 491 g/mol. The zero-order chi connectivity index (χ0) is 25.0. The predicted molar refractivity (Wildman–Crippen MR) is 123 cm³/mol. The molecular formula is C23H28F3N7O2. The first-order chi connectivity index (χ1) is 16.7. The van der Waals surface area contributed by atoms with Crippen molar-refractivity contribution in [2.75, 3.05) is 40.3 Å². The molecule has 35 heavy (non-hydrogen) atoms. The van der Waals surface area contributed by atoms with Gasteiger partial charge < -0.3 is 19.4 Å². The van der Waals surface area contributed by atoms with Gasteiger partial charge in [-0.15, -0.1) is 18.3 Å². The molecule has 1 unspecified atom stereocenters. The third-order valence-corrected chi connectivity index (χ3v) is 5.74. The summed E-state index contributed by atoms with van der Waals surface area (Å²) in [5.41, 5.74) is 0.557. The van der Waals surface area contributed by atoms with Crippen LogP contribution in [0, 0.1) is 6.92 Å². The van der Waals surface area contributed by atoms with E-state index in [1.165, 1.54) is 30.5 Å². The molecule has 188 valence electrons. The van der Waals surface area contributed by atoms with Crippen LogP contribution >= 0.6 is 0 Å². The van der Waals surface area contributed by atoms with Gasteiger partial charge in [-0.05, 0) is 44.4 Å². The van der Waals surface area contributed by atoms with Gasteiger partial charge in [0.05, 0.1) is 6.20 Å². The highest BCUT2D eigenvalue weighted by molar-refractivity contribution is 5.59. The fraction of sp³-hybridized carbons (Fsp3) is 0.435. The second-order valence-electron chi connectivity index (χ2n) is 8.28. The van der Waals surface area contributed by atoms with E-state index in [4.69, 9.17) is 9.52 Å². The van der Waals surface area contributed by atoms with E-state index in [2.05, 4.69) is 42.9 Å². The second kappa shape index (κ2) is 10.5. The van der Waals surface area contributed by atoms with Crippen LogP contribution in [0.2, 0.25) is 0 Å². The first kappa shape index (κ1) is 24.7. The fourth-order valence-corrected chi connectivity index (χ4v) is 3.94. The van der Waals surface area contributed by atoms with Gasteiger partial charge in [0.15, 0.2) is 5.76 Å². The van der Waals surface area contributed by atoms with E-state index in [1.807, 2.05) is 24.9 Å². The van der Waals surface area contributed by atoms with Crippen molar-refractivity contribution >= 4 is 0 Å². The van der Waals surface area contributed by atoms with Crippen LogP contribution in [-0.2, 0) is 0 Å². The Kier molecular flexibility index (Phi) is 7.41. The molecule has 3 heterocycles. The number of alkyl halides is 3. The van der Waals surface area contributed by atoms with Gasteiger partial charge in [-0.2, -0.15) is 0 Å². The summed E-state index contributed by atoms with van der Waals surface area (Å²) in [7, 11) is 3.97. The van der Waals surface area contributed by atoms with Crippen LogP contribution in [-0.4, -0.2) is 76.2 Å². The van der Waals surface area contributed by atoms with Crippen molar-refractivity contribution in [2.45, 2.75) is 25.9 Å². The molecule has 9 nitrogen and oxygen atoms in total. The van der Waals surface area contributed by atoms with Crippen molar-refractivity contribution in [3.05, 3.63) is 48.6 Å². The number of aryl methyl sites for hydroxylation is 1. The molecule has 1 N–H and O–H groups in total. The first-order valence-electron chi connectivity index (χ1n) is 11.2. The molecule has 3 aromatic rings. The van der Waals surface area contributed by atoms with Gasteiger partial charge in [0, 0.05) is 45.2 Å². The number of likely N-dealkylation sites (N-methyl/N-ethyl adjacent to an activating group) is 1. The van der Waals surface area contributed by atoms with Crippen molar-refractivity contribution in [2.24, 2.45) is 0 Å². The number of halogens is 3.